The van der Waals surface area contributed by atoms with Crippen molar-refractivity contribution in [2.24, 2.45) is 29.6 Å². The van der Waals surface area contributed by atoms with Crippen molar-refractivity contribution in [3.8, 4) is 11.5 Å². The molecule has 1 aromatic carbocycles. The van der Waals surface area contributed by atoms with Gasteiger partial charge in [0.2, 0.25) is 5.78 Å². The smallest absolute Gasteiger partial charge is 0.313 e. The fourth-order valence-corrected chi connectivity index (χ4v) is 6.44. The molecule has 0 radical (unpaired) electrons. The second kappa shape index (κ2) is 15.6. The van der Waals surface area contributed by atoms with Gasteiger partial charge >= 0.3 is 5.97 Å². The van der Waals surface area contributed by atoms with Crippen molar-refractivity contribution in [3.63, 3.8) is 0 Å². The van der Waals surface area contributed by atoms with Crippen molar-refractivity contribution in [1.29, 1.82) is 0 Å². The molecule has 1 aliphatic carbocycles. The zero-order valence-corrected chi connectivity index (χ0v) is 29.6. The molecule has 272 valence electrons. The summed E-state index contributed by atoms with van der Waals surface area (Å²) in [6, 6.07) is 0. The minimum absolute atomic E-state index is 0.0799. The zero-order chi connectivity index (χ0) is 38.1. The second-order valence-electron chi connectivity index (χ2n) is 13.4. The number of aliphatic hydroxyl groups is 4. The van der Waals surface area contributed by atoms with E-state index in [1.807, 2.05) is 0 Å². The predicted molar refractivity (Wildman–Crippen MR) is 181 cm³/mol. The molecule has 1 aromatic rings. The number of phenols is 2. The van der Waals surface area contributed by atoms with Crippen LogP contribution in [-0.4, -0.2) is 91.4 Å². The lowest BCUT2D eigenvalue weighted by atomic mass is 9.76. The van der Waals surface area contributed by atoms with Crippen molar-refractivity contribution in [1.82, 2.24) is 5.32 Å². The monoisotopic (exact) mass is 697 g/mol. The van der Waals surface area contributed by atoms with E-state index in [0.717, 1.165) is 7.11 Å². The standard InChI is InChI=1S/C37H47NO12/c1-14-11-10-12-15(2)36(48)38-26-18(5)30(42)22-23(31(43)21(8)32(44)24(22)35(26)47)29(41)17(4)13-16(3)28(40)20(7)34(46)25(37(49)50-9)33(45)19(6)27(14)39/h10-14,16,19-20,25,27-28,33-34,39-40,43-46H,1-9H3,(H,38,48)/b11-10-,15-12+,17-13+/t14-,16-,19-,20-,25-,27+,28-,33-,34-/m1/s1. The van der Waals surface area contributed by atoms with Crippen LogP contribution in [0.15, 0.2) is 46.7 Å². The molecule has 4 rings (SSSR count). The van der Waals surface area contributed by atoms with Crippen molar-refractivity contribution >= 4 is 29.2 Å². The Balaban J connectivity index is 2.28. The number of carbonyl (C=O) groups is 5. The number of nitrogens with one attached hydrogen (secondary N) is 1. The number of methoxy groups -OCH3 is 1. The van der Waals surface area contributed by atoms with E-state index in [9.17, 15) is 54.6 Å². The Bertz CT molecular complexity index is 1720. The second-order valence-corrected chi connectivity index (χ2v) is 13.4. The van der Waals surface area contributed by atoms with E-state index in [0.29, 0.717) is 0 Å². The lowest BCUT2D eigenvalue weighted by molar-refractivity contribution is -0.164. The van der Waals surface area contributed by atoms with E-state index < -0.39 is 117 Å². The first-order valence-electron chi connectivity index (χ1n) is 16.3. The van der Waals surface area contributed by atoms with Gasteiger partial charge in [-0.05, 0) is 33.3 Å². The number of ether oxygens (including phenoxy) is 1. The van der Waals surface area contributed by atoms with E-state index >= 15 is 0 Å². The Morgan fingerprint density at radius 1 is 0.700 bits per heavy atom. The van der Waals surface area contributed by atoms with Gasteiger partial charge in [0.25, 0.3) is 5.91 Å². The number of amides is 1. The van der Waals surface area contributed by atoms with Gasteiger partial charge < -0.3 is 40.7 Å². The Kier molecular flexibility index (Phi) is 12.5. The van der Waals surface area contributed by atoms with Gasteiger partial charge in [0.15, 0.2) is 11.6 Å². The summed E-state index contributed by atoms with van der Waals surface area (Å²) in [6.45, 7) is 11.3. The van der Waals surface area contributed by atoms with Crippen molar-refractivity contribution in [2.75, 3.05) is 7.11 Å². The van der Waals surface area contributed by atoms with E-state index in [1.54, 1.807) is 6.92 Å². The molecular weight excluding hydrogens is 650 g/mol. The molecule has 3 aliphatic rings. The van der Waals surface area contributed by atoms with Gasteiger partial charge in [-0.1, -0.05) is 52.0 Å². The number of hydrogen-bond acceptors (Lipinski definition) is 12. The summed E-state index contributed by atoms with van der Waals surface area (Å²) in [5, 5.41) is 69.4. The summed E-state index contributed by atoms with van der Waals surface area (Å²) < 4.78 is 4.86. The van der Waals surface area contributed by atoms with Crippen LogP contribution in [0.5, 0.6) is 11.5 Å². The van der Waals surface area contributed by atoms with Crippen LogP contribution in [0.1, 0.15) is 85.1 Å². The largest absolute Gasteiger partial charge is 0.507 e. The first-order chi connectivity index (χ1) is 23.2. The molecule has 0 fully saturated rings. The number of Topliss-reactive ketones (excluding diaryl/α,β-unsaturated/α-hetero) is 3. The number of phenolic OH excluding ortho intramolecular Hbond substituents is 2. The summed E-state index contributed by atoms with van der Waals surface area (Å²) in [5.41, 5.74) is -2.61. The summed E-state index contributed by atoms with van der Waals surface area (Å²) in [5.74, 6) is -11.2. The predicted octanol–water partition coefficient (Wildman–Crippen LogP) is 2.60. The van der Waals surface area contributed by atoms with Gasteiger partial charge in [-0.25, -0.2) is 0 Å². The first-order valence-corrected chi connectivity index (χ1v) is 16.3. The van der Waals surface area contributed by atoms with Crippen LogP contribution >= 0.6 is 0 Å². The molecule has 0 saturated heterocycles. The minimum atomic E-state index is -1.69. The number of carbonyl (C=O) groups excluding carboxylic acids is 5. The maximum Gasteiger partial charge on any atom is 0.313 e. The van der Waals surface area contributed by atoms with E-state index in [-0.39, 0.29) is 22.3 Å². The molecule has 1 amide bonds. The molecule has 2 aliphatic heterocycles. The quantitative estimate of drug-likeness (QED) is 0.210. The third-order valence-corrected chi connectivity index (χ3v) is 9.98. The Hall–Kier alpha value is -4.43. The molecule has 2 heterocycles. The third-order valence-electron chi connectivity index (χ3n) is 9.98. The number of fused-ring (bicyclic) bond motifs is 15. The van der Waals surface area contributed by atoms with Crippen molar-refractivity contribution in [3.05, 3.63) is 69.0 Å². The molecule has 9 atom stereocenters. The molecule has 0 saturated carbocycles. The Labute approximate surface area is 290 Å². The van der Waals surface area contributed by atoms with Crippen molar-refractivity contribution < 1.29 is 59.3 Å². The number of allylic oxidation sites excluding steroid dienone is 5. The van der Waals surface area contributed by atoms with Crippen LogP contribution < -0.4 is 5.32 Å². The molecule has 0 unspecified atom stereocenters. The van der Waals surface area contributed by atoms with E-state index in [2.05, 4.69) is 5.32 Å². The summed E-state index contributed by atoms with van der Waals surface area (Å²) >= 11 is 0. The van der Waals surface area contributed by atoms with Gasteiger partial charge in [-0.3, -0.25) is 24.0 Å². The number of rotatable bonds is 1. The van der Waals surface area contributed by atoms with Crippen molar-refractivity contribution in [2.45, 2.75) is 79.8 Å². The number of benzene rings is 1. The maximum absolute atomic E-state index is 13.9. The molecule has 13 nitrogen and oxygen atoms in total. The highest BCUT2D eigenvalue weighted by Gasteiger charge is 2.45. The fourth-order valence-electron chi connectivity index (χ4n) is 6.44. The van der Waals surface area contributed by atoms with E-state index in [1.165, 1.54) is 72.8 Å². The highest BCUT2D eigenvalue weighted by atomic mass is 16.5. The van der Waals surface area contributed by atoms with Gasteiger partial charge in [-0.2, -0.15) is 0 Å². The fraction of sp³-hybridized carbons (Fsp3) is 0.486. The normalized spacial score (nSPS) is 33.3. The van der Waals surface area contributed by atoms with Gasteiger partial charge in [0.05, 0.1) is 53.9 Å². The molecule has 13 heteroatoms. The van der Waals surface area contributed by atoms with Gasteiger partial charge in [0, 0.05) is 40.4 Å². The molecular formula is C37H47NO12. The van der Waals surface area contributed by atoms with Crippen LogP contribution in [0.4, 0.5) is 0 Å². The minimum Gasteiger partial charge on any atom is -0.507 e. The number of aliphatic hydroxyl groups excluding tert-OH is 4. The number of hydrogen-bond donors (Lipinski definition) is 7. The average Bonchev–Trinajstić information content (AvgIpc) is 3.08. The maximum atomic E-state index is 13.9. The summed E-state index contributed by atoms with van der Waals surface area (Å²) in [7, 11) is 1.07. The van der Waals surface area contributed by atoms with Crippen LogP contribution in [-0.2, 0) is 14.3 Å². The number of esters is 1. The van der Waals surface area contributed by atoms with Crippen LogP contribution in [0.25, 0.3) is 0 Å². The average molecular weight is 698 g/mol. The Morgan fingerprint density at radius 2 is 1.20 bits per heavy atom. The van der Waals surface area contributed by atoms with E-state index in [4.69, 9.17) is 4.74 Å². The molecule has 0 aromatic heterocycles. The lowest BCUT2D eigenvalue weighted by Crippen LogP contribution is -2.50. The van der Waals surface area contributed by atoms with Gasteiger partial charge in [0.1, 0.15) is 17.4 Å². The number of ketones is 3. The Morgan fingerprint density at radius 3 is 1.72 bits per heavy atom. The van der Waals surface area contributed by atoms with Crippen LogP contribution in [0, 0.1) is 36.5 Å². The van der Waals surface area contributed by atoms with Crippen LogP contribution in [0.2, 0.25) is 0 Å². The number of aromatic hydroxyl groups is 2. The third kappa shape index (κ3) is 7.36. The summed E-state index contributed by atoms with van der Waals surface area (Å²) in [4.78, 5) is 67.5. The molecule has 4 bridgehead atoms. The lowest BCUT2D eigenvalue weighted by Gasteiger charge is -2.37. The highest BCUT2D eigenvalue weighted by molar-refractivity contribution is 6.32. The molecule has 7 N–H and O–H groups in total. The topological polar surface area (TPSA) is 228 Å². The molecule has 0 spiro atoms. The van der Waals surface area contributed by atoms with Crippen LogP contribution in [0.3, 0.4) is 0 Å². The summed E-state index contributed by atoms with van der Waals surface area (Å²) in [6.07, 6.45) is -0.296. The SMILES string of the molecule is COC(=O)[C@@H]1[C@H](O)[C@H](C)[C@@H](O)[C@H](C)/C=C\C=C(/C)C(=O)NC2=C(C)C(=O)c3c(c(O)c(C)c(O)c3C(=O)/C(C)=C/[C@@H](C)[C@@H](O)[C@@H](C)[C@H]1O)C2=O. The highest BCUT2D eigenvalue weighted by Crippen LogP contribution is 2.43. The van der Waals surface area contributed by atoms with Gasteiger partial charge in [-0.15, -0.1) is 0 Å². The molecule has 50 heavy (non-hydrogen) atoms. The first kappa shape index (κ1) is 40.0. The zero-order valence-electron chi connectivity index (χ0n) is 29.6.